The maximum absolute atomic E-state index is 6.10. The zero-order valence-corrected chi connectivity index (χ0v) is 11.3. The van der Waals surface area contributed by atoms with E-state index >= 15 is 0 Å². The van der Waals surface area contributed by atoms with Gasteiger partial charge in [-0.3, -0.25) is 0 Å². The van der Waals surface area contributed by atoms with Gasteiger partial charge in [-0.1, -0.05) is 18.5 Å². The van der Waals surface area contributed by atoms with Crippen molar-refractivity contribution in [1.82, 2.24) is 19.5 Å². The summed E-state index contributed by atoms with van der Waals surface area (Å²) in [4.78, 5) is 7.01. The van der Waals surface area contributed by atoms with Crippen LogP contribution in [-0.4, -0.2) is 39.1 Å². The highest BCUT2D eigenvalue weighted by Crippen LogP contribution is 2.21. The van der Waals surface area contributed by atoms with Crippen molar-refractivity contribution in [2.24, 2.45) is 5.92 Å². The van der Waals surface area contributed by atoms with Gasteiger partial charge in [-0.15, -0.1) is 0 Å². The number of hydrogen-bond donors (Lipinski definition) is 0. The van der Waals surface area contributed by atoms with Crippen LogP contribution in [0.5, 0.6) is 0 Å². The summed E-state index contributed by atoms with van der Waals surface area (Å²) in [5.41, 5.74) is 0.763. The molecule has 1 fully saturated rings. The highest BCUT2D eigenvalue weighted by molar-refractivity contribution is 6.33. The van der Waals surface area contributed by atoms with Gasteiger partial charge in [0.2, 0.25) is 0 Å². The number of halogens is 1. The summed E-state index contributed by atoms with van der Waals surface area (Å²) in [6, 6.07) is 3.74. The van der Waals surface area contributed by atoms with Gasteiger partial charge in [0.05, 0.1) is 5.02 Å². The predicted octanol–water partition coefficient (Wildman–Crippen LogP) is 2.27. The van der Waals surface area contributed by atoms with Gasteiger partial charge in [0.1, 0.15) is 0 Å². The Bertz CT molecular complexity index is 551. The quantitative estimate of drug-likeness (QED) is 0.853. The molecule has 1 atom stereocenters. The molecule has 0 aliphatic carbocycles. The topological polar surface area (TPSA) is 33.4 Å². The van der Waals surface area contributed by atoms with Crippen molar-refractivity contribution in [1.29, 1.82) is 0 Å². The van der Waals surface area contributed by atoms with Crippen LogP contribution in [-0.2, 0) is 6.42 Å². The maximum Gasteiger partial charge on any atom is 0.174 e. The Labute approximate surface area is 112 Å². The van der Waals surface area contributed by atoms with Crippen LogP contribution in [0.2, 0.25) is 5.02 Å². The summed E-state index contributed by atoms with van der Waals surface area (Å²) < 4.78 is 1.77. The molecule has 96 valence electrons. The monoisotopic (exact) mass is 264 g/mol. The minimum Gasteiger partial charge on any atom is -0.303 e. The molecule has 2 aromatic heterocycles. The summed E-state index contributed by atoms with van der Waals surface area (Å²) in [7, 11) is 0. The minimum atomic E-state index is 0.665. The molecule has 0 radical (unpaired) electrons. The van der Waals surface area contributed by atoms with Crippen molar-refractivity contribution in [3.8, 4) is 0 Å². The van der Waals surface area contributed by atoms with Crippen LogP contribution in [0, 0.1) is 5.92 Å². The molecule has 0 N–H and O–H groups in total. The fraction of sp³-hybridized carbons (Fsp3) is 0.538. The smallest absolute Gasteiger partial charge is 0.174 e. The van der Waals surface area contributed by atoms with E-state index in [2.05, 4.69) is 21.9 Å². The summed E-state index contributed by atoms with van der Waals surface area (Å²) in [5.74, 6) is 1.59. The molecule has 1 aliphatic heterocycles. The first-order chi connectivity index (χ1) is 8.76. The first-order valence-corrected chi connectivity index (χ1v) is 6.86. The molecule has 1 saturated heterocycles. The SMILES string of the molecule is CCN1CCC(Cc2nc3c(Cl)cccn3n2)C1. The molecular formula is C13H17ClN4. The Kier molecular flexibility index (Phi) is 3.22. The van der Waals surface area contributed by atoms with Crippen LogP contribution >= 0.6 is 11.6 Å². The molecule has 0 amide bonds. The van der Waals surface area contributed by atoms with Crippen molar-refractivity contribution < 1.29 is 0 Å². The Balaban J connectivity index is 1.77. The van der Waals surface area contributed by atoms with Gasteiger partial charge in [0.25, 0.3) is 0 Å². The molecule has 18 heavy (non-hydrogen) atoms. The van der Waals surface area contributed by atoms with E-state index in [1.807, 2.05) is 18.3 Å². The van der Waals surface area contributed by atoms with Gasteiger partial charge in [-0.05, 0) is 37.6 Å². The first-order valence-electron chi connectivity index (χ1n) is 6.48. The van der Waals surface area contributed by atoms with Crippen LogP contribution in [0.1, 0.15) is 19.2 Å². The Hall–Kier alpha value is -1.13. The molecule has 1 aliphatic rings. The lowest BCUT2D eigenvalue weighted by molar-refractivity contribution is 0.341. The second-order valence-electron chi connectivity index (χ2n) is 4.90. The number of aromatic nitrogens is 3. The largest absolute Gasteiger partial charge is 0.303 e. The van der Waals surface area contributed by atoms with Gasteiger partial charge < -0.3 is 4.90 Å². The van der Waals surface area contributed by atoms with Crippen molar-refractivity contribution >= 4 is 17.2 Å². The molecule has 4 nitrogen and oxygen atoms in total. The van der Waals surface area contributed by atoms with Crippen molar-refractivity contribution in [3.05, 3.63) is 29.2 Å². The highest BCUT2D eigenvalue weighted by atomic mass is 35.5. The third-order valence-corrected chi connectivity index (χ3v) is 3.94. The Morgan fingerprint density at radius 2 is 2.39 bits per heavy atom. The van der Waals surface area contributed by atoms with E-state index in [1.165, 1.54) is 19.5 Å². The number of fused-ring (bicyclic) bond motifs is 1. The normalized spacial score (nSPS) is 20.9. The molecule has 0 aromatic carbocycles. The van der Waals surface area contributed by atoms with E-state index in [0.29, 0.717) is 10.9 Å². The summed E-state index contributed by atoms with van der Waals surface area (Å²) in [6.07, 6.45) is 4.09. The zero-order valence-electron chi connectivity index (χ0n) is 10.5. The molecule has 1 unspecified atom stereocenters. The summed E-state index contributed by atoms with van der Waals surface area (Å²) in [6.45, 7) is 5.72. The number of nitrogens with zero attached hydrogens (tertiary/aromatic N) is 4. The number of likely N-dealkylation sites (tertiary alicyclic amines) is 1. The van der Waals surface area contributed by atoms with Crippen molar-refractivity contribution in [3.63, 3.8) is 0 Å². The lowest BCUT2D eigenvalue weighted by atomic mass is 10.1. The number of pyridine rings is 1. The van der Waals surface area contributed by atoms with E-state index in [9.17, 15) is 0 Å². The van der Waals surface area contributed by atoms with Crippen molar-refractivity contribution in [2.45, 2.75) is 19.8 Å². The standard InChI is InChI=1S/C13H17ClN4/c1-2-17-7-5-10(9-17)8-12-15-13-11(14)4-3-6-18(13)16-12/h3-4,6,10H,2,5,7-9H2,1H3. The van der Waals surface area contributed by atoms with Crippen LogP contribution in [0.25, 0.3) is 5.65 Å². The maximum atomic E-state index is 6.10. The predicted molar refractivity (Wildman–Crippen MR) is 71.9 cm³/mol. The van der Waals surface area contributed by atoms with Crippen LogP contribution in [0.4, 0.5) is 0 Å². The summed E-state index contributed by atoms with van der Waals surface area (Å²) in [5, 5.41) is 5.16. The lowest BCUT2D eigenvalue weighted by Gasteiger charge is -2.11. The molecule has 0 bridgehead atoms. The fourth-order valence-corrected chi connectivity index (χ4v) is 2.83. The van der Waals surface area contributed by atoms with Gasteiger partial charge in [-0.25, -0.2) is 9.50 Å². The molecule has 0 saturated carbocycles. The van der Waals surface area contributed by atoms with Crippen molar-refractivity contribution in [2.75, 3.05) is 19.6 Å². The Morgan fingerprint density at radius 1 is 1.50 bits per heavy atom. The molecule has 5 heteroatoms. The molecule has 3 rings (SSSR count). The van der Waals surface area contributed by atoms with Gasteiger partial charge >= 0.3 is 0 Å². The van der Waals surface area contributed by atoms with E-state index in [0.717, 1.165) is 24.4 Å². The van der Waals surface area contributed by atoms with Gasteiger partial charge in [0.15, 0.2) is 11.5 Å². The average molecular weight is 265 g/mol. The van der Waals surface area contributed by atoms with Gasteiger partial charge in [0, 0.05) is 19.2 Å². The third kappa shape index (κ3) is 2.22. The third-order valence-electron chi connectivity index (χ3n) is 3.65. The van der Waals surface area contributed by atoms with E-state index in [-0.39, 0.29) is 0 Å². The summed E-state index contributed by atoms with van der Waals surface area (Å²) >= 11 is 6.10. The van der Waals surface area contributed by atoms with Crippen LogP contribution < -0.4 is 0 Å². The highest BCUT2D eigenvalue weighted by Gasteiger charge is 2.22. The molecule has 2 aromatic rings. The van der Waals surface area contributed by atoms with E-state index < -0.39 is 0 Å². The lowest BCUT2D eigenvalue weighted by Crippen LogP contribution is -2.20. The van der Waals surface area contributed by atoms with E-state index in [4.69, 9.17) is 11.6 Å². The first kappa shape index (κ1) is 11.9. The van der Waals surface area contributed by atoms with Crippen LogP contribution in [0.3, 0.4) is 0 Å². The minimum absolute atomic E-state index is 0.665. The second-order valence-corrected chi connectivity index (χ2v) is 5.31. The molecule has 0 spiro atoms. The number of hydrogen-bond acceptors (Lipinski definition) is 3. The Morgan fingerprint density at radius 3 is 3.11 bits per heavy atom. The number of rotatable bonds is 3. The second kappa shape index (κ2) is 4.86. The van der Waals surface area contributed by atoms with Gasteiger partial charge in [-0.2, -0.15) is 5.10 Å². The zero-order chi connectivity index (χ0) is 12.5. The van der Waals surface area contributed by atoms with Crippen LogP contribution in [0.15, 0.2) is 18.3 Å². The fourth-order valence-electron chi connectivity index (χ4n) is 2.63. The van der Waals surface area contributed by atoms with E-state index in [1.54, 1.807) is 4.52 Å². The molecule has 3 heterocycles. The average Bonchev–Trinajstić information content (AvgIpc) is 2.96. The molecular weight excluding hydrogens is 248 g/mol.